The van der Waals surface area contributed by atoms with E-state index in [1.54, 1.807) is 6.92 Å². The number of H-pyrrole nitrogens is 1. The summed E-state index contributed by atoms with van der Waals surface area (Å²) in [4.78, 5) is 7.46. The number of hydrogen-bond acceptors (Lipinski definition) is 1. The Morgan fingerprint density at radius 2 is 1.79 bits per heavy atom. The van der Waals surface area contributed by atoms with Crippen LogP contribution in [0.1, 0.15) is 11.1 Å². The molecule has 4 heteroatoms. The quantitative estimate of drug-likeness (QED) is 0.698. The van der Waals surface area contributed by atoms with Crippen LogP contribution in [0.4, 0.5) is 8.78 Å². The Morgan fingerprint density at radius 3 is 2.53 bits per heavy atom. The molecule has 0 unspecified atom stereocenters. The molecule has 0 aliphatic carbocycles. The Balaban J connectivity index is 2.25. The van der Waals surface area contributed by atoms with Crippen LogP contribution < -0.4 is 0 Å². The highest BCUT2D eigenvalue weighted by Gasteiger charge is 2.13. The molecule has 1 N–H and O–H groups in total. The molecule has 96 valence electrons. The van der Waals surface area contributed by atoms with Crippen LogP contribution in [0, 0.1) is 25.5 Å². The van der Waals surface area contributed by atoms with Crippen LogP contribution in [0.5, 0.6) is 0 Å². The molecule has 19 heavy (non-hydrogen) atoms. The Hall–Kier alpha value is -2.23. The molecule has 0 aliphatic rings. The summed E-state index contributed by atoms with van der Waals surface area (Å²) < 4.78 is 27.1. The number of aromatic amines is 1. The van der Waals surface area contributed by atoms with Crippen LogP contribution in [-0.2, 0) is 0 Å². The molecule has 0 aliphatic heterocycles. The van der Waals surface area contributed by atoms with E-state index in [1.165, 1.54) is 6.07 Å². The van der Waals surface area contributed by atoms with Crippen molar-refractivity contribution in [2.24, 2.45) is 0 Å². The molecule has 1 heterocycles. The van der Waals surface area contributed by atoms with Crippen molar-refractivity contribution in [3.63, 3.8) is 0 Å². The minimum Gasteiger partial charge on any atom is -0.338 e. The molecule has 0 spiro atoms. The van der Waals surface area contributed by atoms with Gasteiger partial charge in [-0.2, -0.15) is 0 Å². The van der Waals surface area contributed by atoms with Gasteiger partial charge < -0.3 is 4.98 Å². The fourth-order valence-corrected chi connectivity index (χ4v) is 2.14. The Kier molecular flexibility index (Phi) is 2.59. The van der Waals surface area contributed by atoms with Crippen molar-refractivity contribution < 1.29 is 8.78 Å². The Labute approximate surface area is 109 Å². The van der Waals surface area contributed by atoms with E-state index in [9.17, 15) is 8.78 Å². The van der Waals surface area contributed by atoms with Gasteiger partial charge in [-0.05, 0) is 37.1 Å². The Morgan fingerprint density at radius 1 is 1.00 bits per heavy atom. The second kappa shape index (κ2) is 4.16. The normalized spacial score (nSPS) is 11.2. The van der Waals surface area contributed by atoms with E-state index in [4.69, 9.17) is 0 Å². The standard InChI is InChI=1S/C15H12F2N2/c1-8-4-3-5-13-14(8)19-15(18-13)10-6-9(2)11(16)7-12(10)17/h3-7H,1-2H3,(H,18,19). The second-order valence-electron chi connectivity index (χ2n) is 4.64. The van der Waals surface area contributed by atoms with E-state index in [0.717, 1.165) is 22.7 Å². The number of aromatic nitrogens is 2. The zero-order valence-electron chi connectivity index (χ0n) is 10.6. The lowest BCUT2D eigenvalue weighted by molar-refractivity contribution is 0.579. The molecule has 1 aromatic heterocycles. The molecule has 0 radical (unpaired) electrons. The van der Waals surface area contributed by atoms with E-state index in [2.05, 4.69) is 9.97 Å². The van der Waals surface area contributed by atoms with Gasteiger partial charge in [-0.3, -0.25) is 0 Å². The van der Waals surface area contributed by atoms with Gasteiger partial charge in [0.1, 0.15) is 17.5 Å². The zero-order valence-corrected chi connectivity index (χ0v) is 10.6. The summed E-state index contributed by atoms with van der Waals surface area (Å²) in [6.45, 7) is 3.55. The average molecular weight is 258 g/mol. The van der Waals surface area contributed by atoms with E-state index in [-0.39, 0.29) is 5.56 Å². The molecule has 0 saturated heterocycles. The lowest BCUT2D eigenvalue weighted by Gasteiger charge is -2.02. The summed E-state index contributed by atoms with van der Waals surface area (Å²) in [6.07, 6.45) is 0. The van der Waals surface area contributed by atoms with E-state index in [0.29, 0.717) is 11.4 Å². The molecule has 3 aromatic rings. The summed E-state index contributed by atoms with van der Waals surface area (Å²) in [6, 6.07) is 8.10. The molecule has 3 rings (SSSR count). The number of benzene rings is 2. The van der Waals surface area contributed by atoms with Gasteiger partial charge in [-0.15, -0.1) is 0 Å². The number of rotatable bonds is 1. The van der Waals surface area contributed by atoms with Crippen molar-refractivity contribution in [1.82, 2.24) is 9.97 Å². The lowest BCUT2D eigenvalue weighted by atomic mass is 10.1. The molecular formula is C15H12F2N2. The molecular weight excluding hydrogens is 246 g/mol. The number of aryl methyl sites for hydroxylation is 2. The van der Waals surface area contributed by atoms with Crippen molar-refractivity contribution in [2.75, 3.05) is 0 Å². The van der Waals surface area contributed by atoms with Gasteiger partial charge in [0.2, 0.25) is 0 Å². The molecule has 0 atom stereocenters. The molecule has 0 fully saturated rings. The zero-order chi connectivity index (χ0) is 13.6. The average Bonchev–Trinajstić information content (AvgIpc) is 2.79. The van der Waals surface area contributed by atoms with Gasteiger partial charge in [0.25, 0.3) is 0 Å². The van der Waals surface area contributed by atoms with Crippen molar-refractivity contribution in [1.29, 1.82) is 0 Å². The highest BCUT2D eigenvalue weighted by molar-refractivity contribution is 5.82. The smallest absolute Gasteiger partial charge is 0.141 e. The SMILES string of the molecule is Cc1cc(-c2nc3c(C)cccc3[nH]2)c(F)cc1F. The second-order valence-corrected chi connectivity index (χ2v) is 4.64. The minimum atomic E-state index is -0.611. The maximum atomic E-state index is 13.8. The number of fused-ring (bicyclic) bond motifs is 1. The monoisotopic (exact) mass is 258 g/mol. The summed E-state index contributed by atoms with van der Waals surface area (Å²) >= 11 is 0. The third-order valence-electron chi connectivity index (χ3n) is 3.22. The first-order valence-corrected chi connectivity index (χ1v) is 5.97. The number of nitrogens with one attached hydrogen (secondary N) is 1. The Bertz CT molecular complexity index is 775. The molecule has 0 bridgehead atoms. The first-order valence-electron chi connectivity index (χ1n) is 5.97. The van der Waals surface area contributed by atoms with Crippen LogP contribution >= 0.6 is 0 Å². The summed E-state index contributed by atoms with van der Waals surface area (Å²) in [5.41, 5.74) is 3.34. The number of halogens is 2. The number of imidazole rings is 1. The van der Waals surface area contributed by atoms with Crippen molar-refractivity contribution >= 4 is 11.0 Å². The van der Waals surface area contributed by atoms with E-state index in [1.807, 2.05) is 25.1 Å². The van der Waals surface area contributed by atoms with Gasteiger partial charge in [-0.1, -0.05) is 12.1 Å². The summed E-state index contributed by atoms with van der Waals surface area (Å²) in [7, 11) is 0. The van der Waals surface area contributed by atoms with E-state index >= 15 is 0 Å². The predicted molar refractivity (Wildman–Crippen MR) is 70.9 cm³/mol. The lowest BCUT2D eigenvalue weighted by Crippen LogP contribution is -1.91. The van der Waals surface area contributed by atoms with Crippen LogP contribution in [0.15, 0.2) is 30.3 Å². The van der Waals surface area contributed by atoms with Gasteiger partial charge in [0.05, 0.1) is 16.6 Å². The maximum Gasteiger partial charge on any atom is 0.141 e. The number of nitrogens with zero attached hydrogens (tertiary/aromatic N) is 1. The number of hydrogen-bond donors (Lipinski definition) is 1. The highest BCUT2D eigenvalue weighted by atomic mass is 19.1. The summed E-state index contributed by atoms with van der Waals surface area (Å²) in [5.74, 6) is -0.738. The van der Waals surface area contributed by atoms with E-state index < -0.39 is 11.6 Å². The van der Waals surface area contributed by atoms with Gasteiger partial charge in [0, 0.05) is 6.07 Å². The van der Waals surface area contributed by atoms with Crippen LogP contribution in [0.25, 0.3) is 22.4 Å². The predicted octanol–water partition coefficient (Wildman–Crippen LogP) is 4.12. The van der Waals surface area contributed by atoms with Crippen LogP contribution in [0.2, 0.25) is 0 Å². The molecule has 0 amide bonds. The minimum absolute atomic E-state index is 0.287. The van der Waals surface area contributed by atoms with Crippen molar-refractivity contribution in [2.45, 2.75) is 13.8 Å². The topological polar surface area (TPSA) is 28.7 Å². The van der Waals surface area contributed by atoms with Crippen molar-refractivity contribution in [3.8, 4) is 11.4 Å². The van der Waals surface area contributed by atoms with Gasteiger partial charge >= 0.3 is 0 Å². The largest absolute Gasteiger partial charge is 0.338 e. The van der Waals surface area contributed by atoms with Crippen LogP contribution in [-0.4, -0.2) is 9.97 Å². The van der Waals surface area contributed by atoms with Gasteiger partial charge in [0.15, 0.2) is 0 Å². The summed E-state index contributed by atoms with van der Waals surface area (Å²) in [5, 5.41) is 0. The third-order valence-corrected chi connectivity index (χ3v) is 3.22. The first-order chi connectivity index (χ1) is 9.06. The fraction of sp³-hybridized carbons (Fsp3) is 0.133. The highest BCUT2D eigenvalue weighted by Crippen LogP contribution is 2.26. The first kappa shape index (κ1) is 11.8. The molecule has 0 saturated carbocycles. The third kappa shape index (κ3) is 1.89. The fourth-order valence-electron chi connectivity index (χ4n) is 2.14. The number of para-hydroxylation sites is 1. The maximum absolute atomic E-state index is 13.8. The van der Waals surface area contributed by atoms with Crippen LogP contribution in [0.3, 0.4) is 0 Å². The van der Waals surface area contributed by atoms with Gasteiger partial charge in [-0.25, -0.2) is 13.8 Å². The molecule has 2 aromatic carbocycles. The molecule has 2 nitrogen and oxygen atoms in total. The van der Waals surface area contributed by atoms with Crippen molar-refractivity contribution in [3.05, 3.63) is 53.1 Å².